The molecule has 0 spiro atoms. The molecule has 2 rings (SSSR count). The zero-order valence-corrected chi connectivity index (χ0v) is 12.6. The molecule has 0 heterocycles. The summed E-state index contributed by atoms with van der Waals surface area (Å²) in [6.07, 6.45) is 0. The maximum atomic E-state index is 13.4. The molecule has 2 aromatic carbocycles. The number of methoxy groups -OCH3 is 1. The van der Waals surface area contributed by atoms with Crippen LogP contribution in [0.5, 0.6) is 5.75 Å². The maximum absolute atomic E-state index is 13.4. The first-order valence-corrected chi connectivity index (χ1v) is 6.69. The van der Waals surface area contributed by atoms with Crippen LogP contribution in [0.4, 0.5) is 20.2 Å². The molecular weight excluding hydrogens is 330 g/mol. The third kappa shape index (κ3) is 4.17. The van der Waals surface area contributed by atoms with E-state index in [4.69, 9.17) is 16.3 Å². The van der Waals surface area contributed by atoms with Crippen LogP contribution in [0.25, 0.3) is 0 Å². The number of benzene rings is 2. The molecule has 0 saturated heterocycles. The van der Waals surface area contributed by atoms with Crippen LogP contribution in [-0.4, -0.2) is 18.9 Å². The average Bonchev–Trinajstić information content (AvgIpc) is 2.51. The third-order valence-electron chi connectivity index (χ3n) is 2.79. The molecule has 5 nitrogen and oxygen atoms in total. The maximum Gasteiger partial charge on any atom is 0.314 e. The van der Waals surface area contributed by atoms with E-state index in [9.17, 15) is 18.4 Å². The van der Waals surface area contributed by atoms with Gasteiger partial charge in [0.2, 0.25) is 0 Å². The van der Waals surface area contributed by atoms with E-state index in [1.54, 1.807) is 0 Å². The van der Waals surface area contributed by atoms with Crippen molar-refractivity contribution in [3.8, 4) is 5.75 Å². The van der Waals surface area contributed by atoms with Gasteiger partial charge in [0.05, 0.1) is 18.5 Å². The molecular formula is C15H11ClF2N2O3. The summed E-state index contributed by atoms with van der Waals surface area (Å²) >= 11 is 5.81. The van der Waals surface area contributed by atoms with Crippen LogP contribution in [0, 0.1) is 11.6 Å². The fourth-order valence-electron chi connectivity index (χ4n) is 1.73. The lowest BCUT2D eigenvalue weighted by molar-refractivity contribution is -0.133. The zero-order chi connectivity index (χ0) is 17.0. The van der Waals surface area contributed by atoms with Crippen LogP contribution in [0.15, 0.2) is 36.4 Å². The minimum atomic E-state index is -1.17. The SMILES string of the molecule is COc1ccc(Cl)cc1NC(=O)C(=O)Nc1cc(F)ccc1F. The molecule has 0 aromatic heterocycles. The molecule has 8 heteroatoms. The highest BCUT2D eigenvalue weighted by molar-refractivity contribution is 6.44. The van der Waals surface area contributed by atoms with Crippen LogP contribution in [0.1, 0.15) is 0 Å². The van der Waals surface area contributed by atoms with E-state index in [0.29, 0.717) is 5.02 Å². The molecule has 120 valence electrons. The molecule has 0 aliphatic rings. The summed E-state index contributed by atoms with van der Waals surface area (Å²) in [6, 6.07) is 6.92. The zero-order valence-electron chi connectivity index (χ0n) is 11.8. The van der Waals surface area contributed by atoms with E-state index < -0.39 is 29.1 Å². The van der Waals surface area contributed by atoms with Crippen LogP contribution in [-0.2, 0) is 9.59 Å². The van der Waals surface area contributed by atoms with Crippen molar-refractivity contribution in [1.82, 2.24) is 0 Å². The second-order valence-electron chi connectivity index (χ2n) is 4.38. The van der Waals surface area contributed by atoms with Gasteiger partial charge in [0.15, 0.2) is 0 Å². The van der Waals surface area contributed by atoms with Gasteiger partial charge in [0.1, 0.15) is 17.4 Å². The van der Waals surface area contributed by atoms with E-state index in [1.165, 1.54) is 25.3 Å². The lowest BCUT2D eigenvalue weighted by atomic mass is 10.2. The first-order valence-electron chi connectivity index (χ1n) is 6.31. The summed E-state index contributed by atoms with van der Waals surface area (Å²) < 4.78 is 31.5. The van der Waals surface area contributed by atoms with Gasteiger partial charge in [-0.3, -0.25) is 9.59 Å². The Hall–Kier alpha value is -2.67. The first kappa shape index (κ1) is 16.7. The molecule has 0 aliphatic heterocycles. The molecule has 0 fully saturated rings. The van der Waals surface area contributed by atoms with Crippen molar-refractivity contribution < 1.29 is 23.1 Å². The summed E-state index contributed by atoms with van der Waals surface area (Å²) in [5, 5.41) is 4.58. The van der Waals surface area contributed by atoms with E-state index in [0.717, 1.165) is 18.2 Å². The number of halogens is 3. The molecule has 0 saturated carbocycles. The molecule has 0 unspecified atom stereocenters. The van der Waals surface area contributed by atoms with Gasteiger partial charge >= 0.3 is 11.8 Å². The van der Waals surface area contributed by atoms with Crippen molar-refractivity contribution in [3.63, 3.8) is 0 Å². The summed E-state index contributed by atoms with van der Waals surface area (Å²) in [4.78, 5) is 23.6. The number of rotatable bonds is 3. The predicted octanol–water partition coefficient (Wildman–Crippen LogP) is 3.20. The molecule has 0 radical (unpaired) electrons. The van der Waals surface area contributed by atoms with Crippen molar-refractivity contribution in [3.05, 3.63) is 53.1 Å². The Labute approximate surface area is 135 Å². The smallest absolute Gasteiger partial charge is 0.314 e. The van der Waals surface area contributed by atoms with Crippen LogP contribution >= 0.6 is 11.6 Å². The third-order valence-corrected chi connectivity index (χ3v) is 3.03. The van der Waals surface area contributed by atoms with Crippen LogP contribution < -0.4 is 15.4 Å². The monoisotopic (exact) mass is 340 g/mol. The number of amides is 2. The summed E-state index contributed by atoms with van der Waals surface area (Å²) in [6.45, 7) is 0. The van der Waals surface area contributed by atoms with Crippen molar-refractivity contribution in [2.24, 2.45) is 0 Å². The van der Waals surface area contributed by atoms with Crippen molar-refractivity contribution >= 4 is 34.8 Å². The highest BCUT2D eigenvalue weighted by Crippen LogP contribution is 2.27. The number of carbonyl (C=O) groups excluding carboxylic acids is 2. The van der Waals surface area contributed by atoms with Crippen LogP contribution in [0.2, 0.25) is 5.02 Å². The second kappa shape index (κ2) is 7.06. The van der Waals surface area contributed by atoms with Gasteiger partial charge in [-0.25, -0.2) is 8.78 Å². The summed E-state index contributed by atoms with van der Waals surface area (Å²) in [7, 11) is 1.38. The largest absolute Gasteiger partial charge is 0.495 e. The minimum absolute atomic E-state index is 0.167. The first-order chi connectivity index (χ1) is 10.9. The highest BCUT2D eigenvalue weighted by atomic mass is 35.5. The van der Waals surface area contributed by atoms with Crippen LogP contribution in [0.3, 0.4) is 0 Å². The molecule has 2 N–H and O–H groups in total. The van der Waals surface area contributed by atoms with Crippen molar-refractivity contribution in [2.45, 2.75) is 0 Å². The van der Waals surface area contributed by atoms with Gasteiger partial charge in [-0.15, -0.1) is 0 Å². The van der Waals surface area contributed by atoms with Gasteiger partial charge in [-0.2, -0.15) is 0 Å². The average molecular weight is 341 g/mol. The molecule has 0 aliphatic carbocycles. The molecule has 0 atom stereocenters. The number of hydrogen-bond acceptors (Lipinski definition) is 3. The molecule has 2 aromatic rings. The normalized spacial score (nSPS) is 10.1. The number of hydrogen-bond donors (Lipinski definition) is 2. The fraction of sp³-hybridized carbons (Fsp3) is 0.0667. The van der Waals surface area contributed by atoms with E-state index in [-0.39, 0.29) is 11.4 Å². The Morgan fingerprint density at radius 1 is 1.00 bits per heavy atom. The fourth-order valence-corrected chi connectivity index (χ4v) is 1.90. The lowest BCUT2D eigenvalue weighted by Crippen LogP contribution is -2.29. The minimum Gasteiger partial charge on any atom is -0.495 e. The topological polar surface area (TPSA) is 67.4 Å². The van der Waals surface area contributed by atoms with Gasteiger partial charge < -0.3 is 15.4 Å². The van der Waals surface area contributed by atoms with Gasteiger partial charge in [0, 0.05) is 11.1 Å². The second-order valence-corrected chi connectivity index (χ2v) is 4.81. The Kier molecular flexibility index (Phi) is 5.13. The van der Waals surface area contributed by atoms with E-state index in [1.807, 2.05) is 5.32 Å². The quantitative estimate of drug-likeness (QED) is 0.843. The summed E-state index contributed by atoms with van der Waals surface area (Å²) in [5.74, 6) is -3.59. The van der Waals surface area contributed by atoms with Gasteiger partial charge in [0.25, 0.3) is 0 Å². The highest BCUT2D eigenvalue weighted by Gasteiger charge is 2.18. The van der Waals surface area contributed by atoms with Crippen molar-refractivity contribution in [2.75, 3.05) is 17.7 Å². The number of nitrogens with one attached hydrogen (secondary N) is 2. The van der Waals surface area contributed by atoms with E-state index >= 15 is 0 Å². The standard InChI is InChI=1S/C15H11ClF2N2O3/c1-23-13-5-2-8(16)6-12(13)20-15(22)14(21)19-11-7-9(17)3-4-10(11)18/h2-7H,1H3,(H,19,21)(H,20,22). The summed E-state index contributed by atoms with van der Waals surface area (Å²) in [5.41, 5.74) is -0.275. The van der Waals surface area contributed by atoms with E-state index in [2.05, 4.69) is 5.32 Å². The number of carbonyl (C=O) groups is 2. The molecule has 0 bridgehead atoms. The Morgan fingerprint density at radius 3 is 2.30 bits per heavy atom. The van der Waals surface area contributed by atoms with Gasteiger partial charge in [-0.1, -0.05) is 11.6 Å². The van der Waals surface area contributed by atoms with Crippen molar-refractivity contribution in [1.29, 1.82) is 0 Å². The number of anilines is 2. The Balaban J connectivity index is 2.13. The molecule has 2 amide bonds. The van der Waals surface area contributed by atoms with Gasteiger partial charge in [-0.05, 0) is 30.3 Å². The lowest BCUT2D eigenvalue weighted by Gasteiger charge is -2.11. The Morgan fingerprint density at radius 2 is 1.65 bits per heavy atom. The number of ether oxygens (including phenoxy) is 1. The Bertz CT molecular complexity index is 768. The molecule has 23 heavy (non-hydrogen) atoms. The predicted molar refractivity (Wildman–Crippen MR) is 81.6 cm³/mol.